The number of hydrogen-bond acceptors (Lipinski definition) is 6. The smallest absolute Gasteiger partial charge is 0.304 e. The summed E-state index contributed by atoms with van der Waals surface area (Å²) in [5.41, 5.74) is 1.80. The molecular weight excluding hydrogens is 282 g/mol. The van der Waals surface area contributed by atoms with Crippen LogP contribution in [-0.4, -0.2) is 17.1 Å². The van der Waals surface area contributed by atoms with E-state index < -0.39 is 0 Å². The van der Waals surface area contributed by atoms with Crippen LogP contribution in [0.1, 0.15) is 5.69 Å². The number of benzene rings is 1. The number of fused-ring (bicyclic) bond motifs is 1. The van der Waals surface area contributed by atoms with Gasteiger partial charge in [-0.2, -0.15) is 0 Å². The third kappa shape index (κ3) is 2.61. The largest absolute Gasteiger partial charge is 0.497 e. The summed E-state index contributed by atoms with van der Waals surface area (Å²) in [7, 11) is 1.65. The third-order valence-electron chi connectivity index (χ3n) is 2.60. The molecule has 0 amide bonds. The van der Waals surface area contributed by atoms with E-state index in [2.05, 4.69) is 15.3 Å². The highest BCUT2D eigenvalue weighted by atomic mass is 32.1. The van der Waals surface area contributed by atoms with Gasteiger partial charge in [0.25, 0.3) is 0 Å². The molecule has 0 aliphatic carbocycles. The highest BCUT2D eigenvalue weighted by Crippen LogP contribution is 2.29. The topological polar surface area (TPSA) is 67.0 Å². The summed E-state index contributed by atoms with van der Waals surface area (Å²) in [4.78, 5) is 18.2. The first-order valence-corrected chi connectivity index (χ1v) is 7.29. The monoisotopic (exact) mass is 293 g/mol. The van der Waals surface area contributed by atoms with Gasteiger partial charge in [-0.3, -0.25) is 4.79 Å². The number of aromatic amines is 1. The first kappa shape index (κ1) is 12.2. The molecule has 1 aromatic carbocycles. The zero-order valence-corrected chi connectivity index (χ0v) is 11.7. The first-order chi connectivity index (χ1) is 9.24. The maximum absolute atomic E-state index is 11.0. The number of nitrogens with one attached hydrogen (secondary N) is 2. The minimum absolute atomic E-state index is 0.0363. The van der Waals surface area contributed by atoms with E-state index in [1.54, 1.807) is 18.4 Å². The van der Waals surface area contributed by atoms with Gasteiger partial charge in [0.15, 0.2) is 5.13 Å². The second kappa shape index (κ2) is 5.02. The molecular formula is C12H11N3O2S2. The third-order valence-corrected chi connectivity index (χ3v) is 4.29. The Morgan fingerprint density at radius 1 is 1.47 bits per heavy atom. The molecule has 98 valence electrons. The summed E-state index contributed by atoms with van der Waals surface area (Å²) in [6, 6.07) is 5.79. The molecule has 0 atom stereocenters. The number of nitrogens with zero attached hydrogens (tertiary/aromatic N) is 1. The summed E-state index contributed by atoms with van der Waals surface area (Å²) >= 11 is 2.73. The number of hydrogen-bond donors (Lipinski definition) is 2. The maximum Gasteiger partial charge on any atom is 0.304 e. The molecule has 2 N–H and O–H groups in total. The number of thiazole rings is 2. The Morgan fingerprint density at radius 2 is 2.37 bits per heavy atom. The van der Waals surface area contributed by atoms with Crippen molar-refractivity contribution in [3.63, 3.8) is 0 Å². The summed E-state index contributed by atoms with van der Waals surface area (Å²) in [6.07, 6.45) is 0. The van der Waals surface area contributed by atoms with Crippen molar-refractivity contribution in [2.45, 2.75) is 6.54 Å². The van der Waals surface area contributed by atoms with E-state index in [1.807, 2.05) is 23.6 Å². The quantitative estimate of drug-likeness (QED) is 0.776. The van der Waals surface area contributed by atoms with Gasteiger partial charge in [-0.25, -0.2) is 4.98 Å². The zero-order chi connectivity index (χ0) is 13.2. The van der Waals surface area contributed by atoms with Crippen molar-refractivity contribution in [1.29, 1.82) is 0 Å². The van der Waals surface area contributed by atoms with E-state index in [1.165, 1.54) is 0 Å². The summed E-state index contributed by atoms with van der Waals surface area (Å²) in [5, 5.41) is 5.84. The predicted molar refractivity (Wildman–Crippen MR) is 78.4 cm³/mol. The molecule has 3 aromatic rings. The van der Waals surface area contributed by atoms with Crippen LogP contribution in [0.15, 0.2) is 28.4 Å². The van der Waals surface area contributed by atoms with Crippen molar-refractivity contribution >= 4 is 38.0 Å². The molecule has 0 spiro atoms. The predicted octanol–water partition coefficient (Wildman–Crippen LogP) is 2.67. The lowest BCUT2D eigenvalue weighted by Crippen LogP contribution is -2.02. The van der Waals surface area contributed by atoms with E-state index in [-0.39, 0.29) is 4.87 Å². The second-order valence-electron chi connectivity index (χ2n) is 3.88. The Morgan fingerprint density at radius 3 is 3.11 bits per heavy atom. The Bertz CT molecular complexity index is 760. The molecule has 7 heteroatoms. The van der Waals surface area contributed by atoms with Crippen molar-refractivity contribution in [3.8, 4) is 5.75 Å². The number of methoxy groups -OCH3 is 1. The Kier molecular flexibility index (Phi) is 3.22. The van der Waals surface area contributed by atoms with Crippen molar-refractivity contribution in [2.75, 3.05) is 12.4 Å². The lowest BCUT2D eigenvalue weighted by Gasteiger charge is -1.97. The van der Waals surface area contributed by atoms with Gasteiger partial charge in [-0.05, 0) is 18.2 Å². The maximum atomic E-state index is 11.0. The number of aromatic nitrogens is 2. The fourth-order valence-corrected chi connectivity index (χ4v) is 3.15. The Labute approximate surface area is 116 Å². The van der Waals surface area contributed by atoms with E-state index in [4.69, 9.17) is 4.74 Å². The van der Waals surface area contributed by atoms with Crippen LogP contribution in [0.4, 0.5) is 5.13 Å². The molecule has 3 rings (SSSR count). The molecule has 19 heavy (non-hydrogen) atoms. The zero-order valence-electron chi connectivity index (χ0n) is 10.1. The molecule has 0 radical (unpaired) electrons. The van der Waals surface area contributed by atoms with Crippen molar-refractivity contribution in [2.24, 2.45) is 0 Å². The van der Waals surface area contributed by atoms with Gasteiger partial charge < -0.3 is 15.0 Å². The Balaban J connectivity index is 1.79. The SMILES string of the molecule is COc1ccc2nc(NCc3csc(=O)[nH]3)sc2c1. The molecule has 5 nitrogen and oxygen atoms in total. The molecule has 0 bridgehead atoms. The average molecular weight is 293 g/mol. The molecule has 0 unspecified atom stereocenters. The van der Waals surface area contributed by atoms with Crippen molar-refractivity contribution in [1.82, 2.24) is 9.97 Å². The van der Waals surface area contributed by atoms with E-state index in [9.17, 15) is 4.79 Å². The first-order valence-electron chi connectivity index (χ1n) is 5.60. The molecule has 2 heterocycles. The van der Waals surface area contributed by atoms with Crippen molar-refractivity contribution in [3.05, 3.63) is 38.9 Å². The van der Waals surface area contributed by atoms with Gasteiger partial charge in [0, 0.05) is 11.1 Å². The second-order valence-corrected chi connectivity index (χ2v) is 5.75. The lowest BCUT2D eigenvalue weighted by molar-refractivity contribution is 0.415. The number of anilines is 1. The minimum atomic E-state index is -0.0363. The molecule has 0 fully saturated rings. The van der Waals surface area contributed by atoms with Gasteiger partial charge >= 0.3 is 4.87 Å². The summed E-state index contributed by atoms with van der Waals surface area (Å²) in [5.74, 6) is 0.824. The molecule has 0 saturated heterocycles. The van der Waals surface area contributed by atoms with Crippen LogP contribution in [0.25, 0.3) is 10.2 Å². The van der Waals surface area contributed by atoms with E-state index in [0.29, 0.717) is 6.54 Å². The van der Waals surface area contributed by atoms with Crippen LogP contribution in [0.2, 0.25) is 0 Å². The van der Waals surface area contributed by atoms with Crippen LogP contribution in [-0.2, 0) is 6.54 Å². The fourth-order valence-electron chi connectivity index (χ4n) is 1.68. The average Bonchev–Trinajstić information content (AvgIpc) is 3.01. The summed E-state index contributed by atoms with van der Waals surface area (Å²) in [6.45, 7) is 0.565. The lowest BCUT2D eigenvalue weighted by atomic mass is 10.3. The van der Waals surface area contributed by atoms with E-state index in [0.717, 1.165) is 38.1 Å². The molecule has 0 saturated carbocycles. The highest BCUT2D eigenvalue weighted by molar-refractivity contribution is 7.22. The number of rotatable bonds is 4. The van der Waals surface area contributed by atoms with Gasteiger partial charge in [0.2, 0.25) is 0 Å². The van der Waals surface area contributed by atoms with Crippen LogP contribution in [0, 0.1) is 0 Å². The number of ether oxygens (including phenoxy) is 1. The van der Waals surface area contributed by atoms with E-state index >= 15 is 0 Å². The van der Waals surface area contributed by atoms with Gasteiger partial charge in [0.05, 0.1) is 23.9 Å². The number of H-pyrrole nitrogens is 1. The van der Waals surface area contributed by atoms with Crippen LogP contribution < -0.4 is 14.9 Å². The molecule has 0 aliphatic rings. The fraction of sp³-hybridized carbons (Fsp3) is 0.167. The standard InChI is InChI=1S/C12H11N3O2S2/c1-17-8-2-3-9-10(4-8)19-11(15-9)13-5-7-6-18-12(16)14-7/h2-4,6H,5H2,1H3,(H,13,15)(H,14,16). The Hall–Kier alpha value is -1.86. The highest BCUT2D eigenvalue weighted by Gasteiger charge is 2.05. The van der Waals surface area contributed by atoms with Gasteiger partial charge in [0.1, 0.15) is 5.75 Å². The summed E-state index contributed by atoms with van der Waals surface area (Å²) < 4.78 is 6.25. The molecule has 2 aromatic heterocycles. The van der Waals surface area contributed by atoms with Crippen LogP contribution in [0.3, 0.4) is 0 Å². The van der Waals surface area contributed by atoms with Gasteiger partial charge in [-0.15, -0.1) is 0 Å². The van der Waals surface area contributed by atoms with Crippen LogP contribution in [0.5, 0.6) is 5.75 Å². The molecule has 0 aliphatic heterocycles. The van der Waals surface area contributed by atoms with Gasteiger partial charge in [-0.1, -0.05) is 22.7 Å². The minimum Gasteiger partial charge on any atom is -0.497 e. The van der Waals surface area contributed by atoms with Crippen molar-refractivity contribution < 1.29 is 4.74 Å². The van der Waals surface area contributed by atoms with Crippen LogP contribution >= 0.6 is 22.7 Å². The normalized spacial score (nSPS) is 10.8.